The van der Waals surface area contributed by atoms with Crippen molar-refractivity contribution in [2.24, 2.45) is 0 Å². The fourth-order valence-corrected chi connectivity index (χ4v) is 3.18. The second kappa shape index (κ2) is 9.41. The number of imidazole rings is 1. The molecule has 1 saturated heterocycles. The molecule has 1 aromatic carbocycles. The van der Waals surface area contributed by atoms with Crippen LogP contribution in [0.5, 0.6) is 5.75 Å². The van der Waals surface area contributed by atoms with Gasteiger partial charge in [-0.3, -0.25) is 4.90 Å². The van der Waals surface area contributed by atoms with Gasteiger partial charge in [0, 0.05) is 44.0 Å². The monoisotopic (exact) mass is 391 g/mol. The molecule has 0 unspecified atom stereocenters. The number of rotatable bonds is 6. The van der Waals surface area contributed by atoms with E-state index in [4.69, 9.17) is 9.47 Å². The van der Waals surface area contributed by atoms with Gasteiger partial charge in [-0.1, -0.05) is 5.92 Å². The predicted molar refractivity (Wildman–Crippen MR) is 112 cm³/mol. The highest BCUT2D eigenvalue weighted by Crippen LogP contribution is 2.14. The second-order valence-corrected chi connectivity index (χ2v) is 6.84. The van der Waals surface area contributed by atoms with Gasteiger partial charge < -0.3 is 14.8 Å². The SMILES string of the molecule is CNc1ccc(C#Cc2cnc3cc(OCCCN4CCOCC4)cnn23)cc1. The third-order valence-electron chi connectivity index (χ3n) is 4.84. The minimum atomic E-state index is 0.658. The van der Waals surface area contributed by atoms with Gasteiger partial charge in [-0.2, -0.15) is 5.10 Å². The van der Waals surface area contributed by atoms with E-state index in [1.807, 2.05) is 37.4 Å². The number of hydrogen-bond acceptors (Lipinski definition) is 6. The molecule has 2 aromatic heterocycles. The van der Waals surface area contributed by atoms with Crippen molar-refractivity contribution < 1.29 is 9.47 Å². The van der Waals surface area contributed by atoms with Crippen LogP contribution in [0.4, 0.5) is 5.69 Å². The van der Waals surface area contributed by atoms with Crippen LogP contribution in [-0.4, -0.2) is 66.0 Å². The summed E-state index contributed by atoms with van der Waals surface area (Å²) in [6.45, 7) is 5.35. The molecule has 4 rings (SSSR count). The maximum absolute atomic E-state index is 5.85. The molecule has 3 aromatic rings. The van der Waals surface area contributed by atoms with Crippen molar-refractivity contribution in [2.75, 3.05) is 51.8 Å². The molecule has 0 atom stereocenters. The smallest absolute Gasteiger partial charge is 0.158 e. The molecule has 150 valence electrons. The zero-order valence-electron chi connectivity index (χ0n) is 16.6. The lowest BCUT2D eigenvalue weighted by Gasteiger charge is -2.26. The number of hydrogen-bond donors (Lipinski definition) is 1. The zero-order valence-corrected chi connectivity index (χ0v) is 16.6. The molecule has 7 heteroatoms. The quantitative estimate of drug-likeness (QED) is 0.514. The maximum atomic E-state index is 5.85. The first kappa shape index (κ1) is 19.2. The molecule has 29 heavy (non-hydrogen) atoms. The van der Waals surface area contributed by atoms with Crippen LogP contribution >= 0.6 is 0 Å². The summed E-state index contributed by atoms with van der Waals surface area (Å²) in [5, 5.41) is 7.54. The van der Waals surface area contributed by atoms with Gasteiger partial charge in [0.25, 0.3) is 0 Å². The first-order valence-corrected chi connectivity index (χ1v) is 9.88. The summed E-state index contributed by atoms with van der Waals surface area (Å²) in [4.78, 5) is 6.81. The van der Waals surface area contributed by atoms with Crippen molar-refractivity contribution in [2.45, 2.75) is 6.42 Å². The maximum Gasteiger partial charge on any atom is 0.158 e. The normalized spacial score (nSPS) is 14.4. The Balaban J connectivity index is 1.35. The Morgan fingerprint density at radius 2 is 1.97 bits per heavy atom. The zero-order chi connectivity index (χ0) is 19.9. The first-order chi connectivity index (χ1) is 14.3. The minimum absolute atomic E-state index is 0.658. The number of nitrogens with one attached hydrogen (secondary N) is 1. The number of anilines is 1. The van der Waals surface area contributed by atoms with Gasteiger partial charge in [-0.25, -0.2) is 9.50 Å². The van der Waals surface area contributed by atoms with Crippen molar-refractivity contribution in [1.29, 1.82) is 0 Å². The molecule has 1 aliphatic heterocycles. The number of nitrogens with zero attached hydrogens (tertiary/aromatic N) is 4. The minimum Gasteiger partial charge on any atom is -0.492 e. The molecule has 0 saturated carbocycles. The lowest BCUT2D eigenvalue weighted by Crippen LogP contribution is -2.37. The first-order valence-electron chi connectivity index (χ1n) is 9.88. The third kappa shape index (κ3) is 5.05. The van der Waals surface area contributed by atoms with Crippen molar-refractivity contribution in [3.05, 3.63) is 54.0 Å². The summed E-state index contributed by atoms with van der Waals surface area (Å²) in [5.41, 5.74) is 3.48. The van der Waals surface area contributed by atoms with Gasteiger partial charge in [0.15, 0.2) is 5.65 Å². The molecule has 0 spiro atoms. The fraction of sp³-hybridized carbons (Fsp3) is 0.364. The molecule has 3 heterocycles. The highest BCUT2D eigenvalue weighted by molar-refractivity contribution is 5.51. The summed E-state index contributed by atoms with van der Waals surface area (Å²) in [7, 11) is 1.90. The molecular formula is C22H25N5O2. The van der Waals surface area contributed by atoms with Crippen LogP contribution in [0.3, 0.4) is 0 Å². The van der Waals surface area contributed by atoms with Crippen molar-refractivity contribution >= 4 is 11.3 Å². The summed E-state index contributed by atoms with van der Waals surface area (Å²) in [6, 6.07) is 9.87. The van der Waals surface area contributed by atoms with Gasteiger partial charge >= 0.3 is 0 Å². The molecule has 0 bridgehead atoms. The Bertz CT molecular complexity index is 997. The average Bonchev–Trinajstić information content (AvgIpc) is 3.18. The van der Waals surface area contributed by atoms with Gasteiger partial charge in [0.05, 0.1) is 32.2 Å². The molecule has 0 amide bonds. The summed E-state index contributed by atoms with van der Waals surface area (Å²) >= 11 is 0. The lowest BCUT2D eigenvalue weighted by atomic mass is 10.2. The molecule has 1 aliphatic rings. The van der Waals surface area contributed by atoms with E-state index in [-0.39, 0.29) is 0 Å². The Kier molecular flexibility index (Phi) is 6.25. The second-order valence-electron chi connectivity index (χ2n) is 6.84. The highest BCUT2D eigenvalue weighted by atomic mass is 16.5. The predicted octanol–water partition coefficient (Wildman–Crippen LogP) is 2.27. The van der Waals surface area contributed by atoms with Crippen LogP contribution in [0.25, 0.3) is 5.65 Å². The van der Waals surface area contributed by atoms with E-state index < -0.39 is 0 Å². The van der Waals surface area contributed by atoms with Crippen LogP contribution in [0.2, 0.25) is 0 Å². The van der Waals surface area contributed by atoms with Crippen LogP contribution in [0, 0.1) is 11.8 Å². The molecule has 7 nitrogen and oxygen atoms in total. The van der Waals surface area contributed by atoms with E-state index in [1.165, 1.54) is 0 Å². The van der Waals surface area contributed by atoms with E-state index in [1.54, 1.807) is 16.9 Å². The lowest BCUT2D eigenvalue weighted by molar-refractivity contribution is 0.0358. The van der Waals surface area contributed by atoms with Gasteiger partial charge in [0.1, 0.15) is 11.4 Å². The van der Waals surface area contributed by atoms with Crippen molar-refractivity contribution in [3.63, 3.8) is 0 Å². The van der Waals surface area contributed by atoms with Gasteiger partial charge in [-0.15, -0.1) is 0 Å². The van der Waals surface area contributed by atoms with Crippen LogP contribution < -0.4 is 10.1 Å². The summed E-state index contributed by atoms with van der Waals surface area (Å²) in [6.07, 6.45) is 4.43. The summed E-state index contributed by atoms with van der Waals surface area (Å²) < 4.78 is 12.9. The van der Waals surface area contributed by atoms with Crippen LogP contribution in [0.1, 0.15) is 17.7 Å². The number of morpholine rings is 1. The number of aromatic nitrogens is 3. The van der Waals surface area contributed by atoms with E-state index in [2.05, 4.69) is 32.1 Å². The fourth-order valence-electron chi connectivity index (χ4n) is 3.18. The van der Waals surface area contributed by atoms with Gasteiger partial charge in [-0.05, 0) is 36.6 Å². The van der Waals surface area contributed by atoms with E-state index in [9.17, 15) is 0 Å². The van der Waals surface area contributed by atoms with E-state index >= 15 is 0 Å². The van der Waals surface area contributed by atoms with E-state index in [0.717, 1.165) is 67.6 Å². The molecule has 0 aliphatic carbocycles. The Morgan fingerprint density at radius 1 is 1.14 bits per heavy atom. The van der Waals surface area contributed by atoms with Crippen molar-refractivity contribution in [3.8, 4) is 17.6 Å². The van der Waals surface area contributed by atoms with Gasteiger partial charge in [0.2, 0.25) is 0 Å². The number of ether oxygens (including phenoxy) is 2. The van der Waals surface area contributed by atoms with E-state index in [0.29, 0.717) is 6.61 Å². The number of benzene rings is 1. The highest BCUT2D eigenvalue weighted by Gasteiger charge is 2.09. The topological polar surface area (TPSA) is 63.9 Å². The number of fused-ring (bicyclic) bond motifs is 1. The molecule has 0 radical (unpaired) electrons. The average molecular weight is 391 g/mol. The molecular weight excluding hydrogens is 366 g/mol. The van der Waals surface area contributed by atoms with Crippen LogP contribution in [-0.2, 0) is 4.74 Å². The van der Waals surface area contributed by atoms with Crippen molar-refractivity contribution in [1.82, 2.24) is 19.5 Å². The van der Waals surface area contributed by atoms with Crippen LogP contribution in [0.15, 0.2) is 42.7 Å². The standard InChI is InChI=1S/C22H25N5O2/c1-23-19-6-3-18(4-7-19)5-8-20-16-24-22-15-21(17-25-27(20)22)29-12-2-9-26-10-13-28-14-11-26/h3-4,6-7,15-17,23H,2,9-14H2,1H3. The Hall–Kier alpha value is -3.08. The molecule has 1 fully saturated rings. The Labute approximate surface area is 170 Å². The largest absolute Gasteiger partial charge is 0.492 e. The molecule has 1 N–H and O–H groups in total. The third-order valence-corrected chi connectivity index (χ3v) is 4.84. The Morgan fingerprint density at radius 3 is 2.76 bits per heavy atom. The summed E-state index contributed by atoms with van der Waals surface area (Å²) in [5.74, 6) is 7.02.